The van der Waals surface area contributed by atoms with Gasteiger partial charge in [-0.3, -0.25) is 4.79 Å². The minimum Gasteiger partial charge on any atom is -0.349 e. The zero-order chi connectivity index (χ0) is 18.7. The normalized spacial score (nSPS) is 16.8. The Morgan fingerprint density at radius 1 is 1.23 bits per heavy atom. The SMILES string of the molecule is O=C(CSc1ccc(Cl)c(C(F)(F)F)c1)N[C@H]1CCCc2ccccc21. The zero-order valence-electron chi connectivity index (χ0n) is 13.8. The fourth-order valence-corrected chi connectivity index (χ4v) is 4.07. The number of halogens is 4. The Bertz CT molecular complexity index is 810. The summed E-state index contributed by atoms with van der Waals surface area (Å²) in [5.74, 6) is -0.141. The highest BCUT2D eigenvalue weighted by atomic mass is 35.5. The number of benzene rings is 2. The van der Waals surface area contributed by atoms with Gasteiger partial charge >= 0.3 is 6.18 Å². The maximum absolute atomic E-state index is 12.9. The van der Waals surface area contributed by atoms with E-state index in [1.165, 1.54) is 17.7 Å². The Hall–Kier alpha value is -1.66. The van der Waals surface area contributed by atoms with Gasteiger partial charge in [0.1, 0.15) is 0 Å². The van der Waals surface area contributed by atoms with Crippen molar-refractivity contribution in [3.63, 3.8) is 0 Å². The second kappa shape index (κ2) is 7.92. The summed E-state index contributed by atoms with van der Waals surface area (Å²) in [7, 11) is 0. The number of alkyl halides is 3. The minimum absolute atomic E-state index is 0.0380. The number of fused-ring (bicyclic) bond motifs is 1. The molecule has 1 aliphatic carbocycles. The van der Waals surface area contributed by atoms with E-state index < -0.39 is 11.7 Å². The molecule has 0 unspecified atom stereocenters. The van der Waals surface area contributed by atoms with E-state index in [9.17, 15) is 18.0 Å². The van der Waals surface area contributed by atoms with E-state index in [1.54, 1.807) is 0 Å². The van der Waals surface area contributed by atoms with E-state index in [1.807, 2.05) is 18.2 Å². The lowest BCUT2D eigenvalue weighted by Crippen LogP contribution is -2.32. The number of thioether (sulfide) groups is 1. The second-order valence-corrected chi connectivity index (χ2v) is 7.60. The van der Waals surface area contributed by atoms with Crippen LogP contribution in [0, 0.1) is 0 Å². The third kappa shape index (κ3) is 4.54. The summed E-state index contributed by atoms with van der Waals surface area (Å²) in [5.41, 5.74) is 1.48. The molecule has 26 heavy (non-hydrogen) atoms. The van der Waals surface area contributed by atoms with Gasteiger partial charge in [-0.15, -0.1) is 11.8 Å². The summed E-state index contributed by atoms with van der Waals surface area (Å²) < 4.78 is 38.7. The first-order chi connectivity index (χ1) is 12.3. The third-order valence-electron chi connectivity index (χ3n) is 4.32. The van der Waals surface area contributed by atoms with Crippen LogP contribution >= 0.6 is 23.4 Å². The van der Waals surface area contributed by atoms with Gasteiger partial charge in [0.15, 0.2) is 0 Å². The zero-order valence-corrected chi connectivity index (χ0v) is 15.3. The van der Waals surface area contributed by atoms with Crippen LogP contribution < -0.4 is 5.32 Å². The van der Waals surface area contributed by atoms with Crippen molar-refractivity contribution in [1.29, 1.82) is 0 Å². The van der Waals surface area contributed by atoms with Crippen LogP contribution in [0.1, 0.15) is 35.6 Å². The van der Waals surface area contributed by atoms with Crippen LogP contribution in [0.25, 0.3) is 0 Å². The average molecular weight is 400 g/mol. The van der Waals surface area contributed by atoms with Crippen molar-refractivity contribution >= 4 is 29.3 Å². The molecule has 7 heteroatoms. The Morgan fingerprint density at radius 3 is 2.77 bits per heavy atom. The van der Waals surface area contributed by atoms with Crippen molar-refractivity contribution < 1.29 is 18.0 Å². The minimum atomic E-state index is -4.51. The van der Waals surface area contributed by atoms with Crippen LogP contribution in [0.2, 0.25) is 5.02 Å². The standard InChI is InChI=1S/C19H17ClF3NOS/c20-16-9-8-13(10-15(16)19(21,22)23)26-11-18(25)24-17-7-3-5-12-4-1-2-6-14(12)17/h1-2,4,6,8-10,17H,3,5,7,11H2,(H,24,25)/t17-/m0/s1. The topological polar surface area (TPSA) is 29.1 Å². The van der Waals surface area contributed by atoms with E-state index >= 15 is 0 Å². The van der Waals surface area contributed by atoms with Crippen LogP contribution in [-0.2, 0) is 17.4 Å². The van der Waals surface area contributed by atoms with Gasteiger partial charge in [-0.25, -0.2) is 0 Å². The molecule has 0 bridgehead atoms. The highest BCUT2D eigenvalue weighted by molar-refractivity contribution is 8.00. The van der Waals surface area contributed by atoms with Gasteiger partial charge < -0.3 is 5.32 Å². The highest BCUT2D eigenvalue weighted by Crippen LogP contribution is 2.37. The monoisotopic (exact) mass is 399 g/mol. The lowest BCUT2D eigenvalue weighted by Gasteiger charge is -2.26. The van der Waals surface area contributed by atoms with Crippen LogP contribution in [0.4, 0.5) is 13.2 Å². The summed E-state index contributed by atoms with van der Waals surface area (Å²) in [4.78, 5) is 12.6. The number of carbonyl (C=O) groups excluding carboxylic acids is 1. The summed E-state index contributed by atoms with van der Waals surface area (Å²) >= 11 is 6.68. The first-order valence-corrected chi connectivity index (χ1v) is 9.57. The van der Waals surface area contributed by atoms with E-state index in [-0.39, 0.29) is 22.7 Å². The fourth-order valence-electron chi connectivity index (χ4n) is 3.10. The van der Waals surface area contributed by atoms with Gasteiger partial charge in [0.05, 0.1) is 22.4 Å². The molecule has 0 aliphatic heterocycles. The highest BCUT2D eigenvalue weighted by Gasteiger charge is 2.33. The Balaban J connectivity index is 1.62. The van der Waals surface area contributed by atoms with E-state index in [4.69, 9.17) is 11.6 Å². The van der Waals surface area contributed by atoms with Gasteiger partial charge in [-0.05, 0) is 48.6 Å². The summed E-state index contributed by atoms with van der Waals surface area (Å²) in [6.07, 6.45) is -1.64. The maximum Gasteiger partial charge on any atom is 0.417 e. The molecule has 1 amide bonds. The Labute approximate surface area is 159 Å². The van der Waals surface area contributed by atoms with Gasteiger partial charge in [0.25, 0.3) is 0 Å². The van der Waals surface area contributed by atoms with Gasteiger partial charge in [0.2, 0.25) is 5.91 Å². The van der Waals surface area contributed by atoms with Gasteiger partial charge in [0, 0.05) is 4.90 Å². The lowest BCUT2D eigenvalue weighted by atomic mass is 9.88. The number of hydrogen-bond acceptors (Lipinski definition) is 2. The largest absolute Gasteiger partial charge is 0.417 e. The average Bonchev–Trinajstić information content (AvgIpc) is 2.60. The molecule has 3 rings (SSSR count). The molecule has 0 spiro atoms. The molecule has 0 saturated heterocycles. The van der Waals surface area contributed by atoms with Crippen LogP contribution in [0.5, 0.6) is 0 Å². The molecule has 0 heterocycles. The summed E-state index contributed by atoms with van der Waals surface area (Å²) in [5, 5.41) is 2.65. The summed E-state index contributed by atoms with van der Waals surface area (Å²) in [6, 6.07) is 11.7. The van der Waals surface area contributed by atoms with Crippen molar-refractivity contribution in [2.24, 2.45) is 0 Å². The van der Waals surface area contributed by atoms with Crippen molar-refractivity contribution in [2.75, 3.05) is 5.75 Å². The first-order valence-electron chi connectivity index (χ1n) is 8.21. The number of hydrogen-bond donors (Lipinski definition) is 1. The van der Waals surface area contributed by atoms with Crippen molar-refractivity contribution in [1.82, 2.24) is 5.32 Å². The molecule has 2 aromatic rings. The van der Waals surface area contributed by atoms with Gasteiger partial charge in [-0.2, -0.15) is 13.2 Å². The molecule has 0 radical (unpaired) electrons. The number of aryl methyl sites for hydroxylation is 1. The molecule has 1 aliphatic rings. The molecule has 0 saturated carbocycles. The Kier molecular flexibility index (Phi) is 5.82. The second-order valence-electron chi connectivity index (χ2n) is 6.14. The van der Waals surface area contributed by atoms with Crippen molar-refractivity contribution in [3.8, 4) is 0 Å². The molecular weight excluding hydrogens is 383 g/mol. The molecule has 1 N–H and O–H groups in total. The van der Waals surface area contributed by atoms with Crippen molar-refractivity contribution in [3.05, 3.63) is 64.2 Å². The number of carbonyl (C=O) groups is 1. The van der Waals surface area contributed by atoms with Crippen LogP contribution in [0.15, 0.2) is 47.4 Å². The van der Waals surface area contributed by atoms with E-state index in [0.29, 0.717) is 4.90 Å². The maximum atomic E-state index is 12.9. The quantitative estimate of drug-likeness (QED) is 0.673. The van der Waals surface area contributed by atoms with Gasteiger partial charge in [-0.1, -0.05) is 35.9 Å². The fraction of sp³-hybridized carbons (Fsp3) is 0.316. The van der Waals surface area contributed by atoms with Crippen LogP contribution in [0.3, 0.4) is 0 Å². The molecular formula is C19H17ClF3NOS. The van der Waals surface area contributed by atoms with E-state index in [2.05, 4.69) is 11.4 Å². The molecule has 138 valence electrons. The third-order valence-corrected chi connectivity index (χ3v) is 5.64. The number of rotatable bonds is 4. The lowest BCUT2D eigenvalue weighted by molar-refractivity contribution is -0.137. The number of nitrogens with one attached hydrogen (secondary N) is 1. The molecule has 1 atom stereocenters. The van der Waals surface area contributed by atoms with Crippen molar-refractivity contribution in [2.45, 2.75) is 36.4 Å². The molecule has 0 aromatic heterocycles. The first kappa shape index (κ1) is 19.1. The van der Waals surface area contributed by atoms with E-state index in [0.717, 1.165) is 42.7 Å². The predicted octanol–water partition coefficient (Wildman–Crippen LogP) is 5.64. The number of amides is 1. The predicted molar refractivity (Wildman–Crippen MR) is 97.4 cm³/mol. The Morgan fingerprint density at radius 2 is 2.00 bits per heavy atom. The molecule has 0 fully saturated rings. The van der Waals surface area contributed by atoms with Crippen LogP contribution in [-0.4, -0.2) is 11.7 Å². The smallest absolute Gasteiger partial charge is 0.349 e. The summed E-state index contributed by atoms with van der Waals surface area (Å²) in [6.45, 7) is 0. The molecule has 2 aromatic carbocycles. The molecule has 2 nitrogen and oxygen atoms in total.